The van der Waals surface area contributed by atoms with Crippen molar-refractivity contribution in [1.82, 2.24) is 10.2 Å². The number of rotatable bonds is 4. The van der Waals surface area contributed by atoms with E-state index in [-0.39, 0.29) is 17.9 Å². The maximum absolute atomic E-state index is 12.8. The standard InChI is InChI=1S/C20H21ClN2O3/c1-26-18-8-7-15(21)13-17(18)20(25)23-11-9-16(10-12-23)22-19(24)14-5-3-2-4-6-14/h2-8,13,16H,9-12H2,1H3,(H,22,24). The van der Waals surface area contributed by atoms with Gasteiger partial charge in [0.15, 0.2) is 0 Å². The maximum Gasteiger partial charge on any atom is 0.257 e. The van der Waals surface area contributed by atoms with Crippen LogP contribution in [0.3, 0.4) is 0 Å². The Hall–Kier alpha value is -2.53. The zero-order chi connectivity index (χ0) is 18.5. The number of nitrogens with zero attached hydrogens (tertiary/aromatic N) is 1. The molecular weight excluding hydrogens is 352 g/mol. The van der Waals surface area contributed by atoms with E-state index in [9.17, 15) is 9.59 Å². The van der Waals surface area contributed by atoms with Crippen molar-refractivity contribution in [3.8, 4) is 5.75 Å². The van der Waals surface area contributed by atoms with Gasteiger partial charge in [0.1, 0.15) is 5.75 Å². The summed E-state index contributed by atoms with van der Waals surface area (Å²) >= 11 is 6.02. The Morgan fingerprint density at radius 2 is 1.81 bits per heavy atom. The molecule has 0 bridgehead atoms. The van der Waals surface area contributed by atoms with Gasteiger partial charge in [-0.3, -0.25) is 9.59 Å². The zero-order valence-corrected chi connectivity index (χ0v) is 15.3. The van der Waals surface area contributed by atoms with E-state index in [2.05, 4.69) is 5.32 Å². The van der Waals surface area contributed by atoms with Crippen LogP contribution in [-0.2, 0) is 0 Å². The molecule has 0 saturated carbocycles. The minimum absolute atomic E-state index is 0.0630. The highest BCUT2D eigenvalue weighted by atomic mass is 35.5. The average Bonchev–Trinajstić information content (AvgIpc) is 2.68. The van der Waals surface area contributed by atoms with Crippen molar-refractivity contribution in [1.29, 1.82) is 0 Å². The maximum atomic E-state index is 12.8. The minimum atomic E-state index is -0.0998. The molecule has 1 saturated heterocycles. The van der Waals surface area contributed by atoms with Crippen LogP contribution in [0.1, 0.15) is 33.6 Å². The molecule has 26 heavy (non-hydrogen) atoms. The molecule has 2 aromatic rings. The van der Waals surface area contributed by atoms with Crippen molar-refractivity contribution in [2.45, 2.75) is 18.9 Å². The lowest BCUT2D eigenvalue weighted by molar-refractivity contribution is 0.0695. The number of benzene rings is 2. The molecule has 1 aliphatic rings. The summed E-state index contributed by atoms with van der Waals surface area (Å²) in [6, 6.07) is 14.2. The van der Waals surface area contributed by atoms with Crippen molar-refractivity contribution in [3.05, 3.63) is 64.7 Å². The molecule has 2 aromatic carbocycles. The first-order valence-corrected chi connectivity index (χ1v) is 8.95. The van der Waals surface area contributed by atoms with Gasteiger partial charge in [-0.25, -0.2) is 0 Å². The molecule has 0 unspecified atom stereocenters. The molecule has 1 heterocycles. The Morgan fingerprint density at radius 3 is 2.46 bits per heavy atom. The summed E-state index contributed by atoms with van der Waals surface area (Å²) in [5.41, 5.74) is 1.11. The molecule has 0 spiro atoms. The summed E-state index contributed by atoms with van der Waals surface area (Å²) in [7, 11) is 1.53. The topological polar surface area (TPSA) is 58.6 Å². The van der Waals surface area contributed by atoms with Gasteiger partial charge in [-0.05, 0) is 43.2 Å². The van der Waals surface area contributed by atoms with Crippen LogP contribution in [0.4, 0.5) is 0 Å². The number of methoxy groups -OCH3 is 1. The van der Waals surface area contributed by atoms with Gasteiger partial charge in [-0.2, -0.15) is 0 Å². The van der Waals surface area contributed by atoms with Crippen molar-refractivity contribution < 1.29 is 14.3 Å². The number of nitrogens with one attached hydrogen (secondary N) is 1. The van der Waals surface area contributed by atoms with E-state index < -0.39 is 0 Å². The lowest BCUT2D eigenvalue weighted by atomic mass is 10.0. The quantitative estimate of drug-likeness (QED) is 0.895. The Morgan fingerprint density at radius 1 is 1.12 bits per heavy atom. The lowest BCUT2D eigenvalue weighted by Gasteiger charge is -2.32. The third-order valence-electron chi connectivity index (χ3n) is 4.55. The largest absolute Gasteiger partial charge is 0.496 e. The highest BCUT2D eigenvalue weighted by Gasteiger charge is 2.26. The fourth-order valence-electron chi connectivity index (χ4n) is 3.10. The van der Waals surface area contributed by atoms with E-state index in [1.807, 2.05) is 18.2 Å². The number of hydrogen-bond donors (Lipinski definition) is 1. The Bertz CT molecular complexity index is 787. The Labute approximate surface area is 157 Å². The summed E-state index contributed by atoms with van der Waals surface area (Å²) < 4.78 is 5.27. The van der Waals surface area contributed by atoms with Crippen molar-refractivity contribution in [2.75, 3.05) is 20.2 Å². The van der Waals surface area contributed by atoms with E-state index in [4.69, 9.17) is 16.3 Å². The van der Waals surface area contributed by atoms with Gasteiger partial charge in [0.2, 0.25) is 0 Å². The minimum Gasteiger partial charge on any atom is -0.496 e. The first kappa shape index (κ1) is 18.3. The molecule has 0 aromatic heterocycles. The smallest absolute Gasteiger partial charge is 0.257 e. The van der Waals surface area contributed by atoms with Gasteiger partial charge in [-0.1, -0.05) is 29.8 Å². The van der Waals surface area contributed by atoms with Crippen LogP contribution < -0.4 is 10.1 Å². The SMILES string of the molecule is COc1ccc(Cl)cc1C(=O)N1CCC(NC(=O)c2ccccc2)CC1. The number of likely N-dealkylation sites (tertiary alicyclic amines) is 1. The van der Waals surface area contributed by atoms with Gasteiger partial charge in [-0.15, -0.1) is 0 Å². The van der Waals surface area contributed by atoms with Gasteiger partial charge in [0.25, 0.3) is 11.8 Å². The highest BCUT2D eigenvalue weighted by molar-refractivity contribution is 6.31. The van der Waals surface area contributed by atoms with Crippen LogP contribution in [0.15, 0.2) is 48.5 Å². The number of ether oxygens (including phenoxy) is 1. The van der Waals surface area contributed by atoms with Gasteiger partial charge >= 0.3 is 0 Å². The molecule has 0 aliphatic carbocycles. The summed E-state index contributed by atoms with van der Waals surface area (Å²) in [5, 5.41) is 3.54. The second-order valence-electron chi connectivity index (χ2n) is 6.25. The third-order valence-corrected chi connectivity index (χ3v) is 4.78. The number of carbonyl (C=O) groups is 2. The monoisotopic (exact) mass is 372 g/mol. The first-order valence-electron chi connectivity index (χ1n) is 8.57. The van der Waals surface area contributed by atoms with Gasteiger partial charge in [0.05, 0.1) is 12.7 Å². The molecule has 1 fully saturated rings. The average molecular weight is 373 g/mol. The van der Waals surface area contributed by atoms with E-state index in [1.165, 1.54) is 7.11 Å². The molecular formula is C20H21ClN2O3. The van der Waals surface area contributed by atoms with E-state index >= 15 is 0 Å². The van der Waals surface area contributed by atoms with Gasteiger partial charge in [0, 0.05) is 29.7 Å². The second-order valence-corrected chi connectivity index (χ2v) is 6.69. The molecule has 3 rings (SSSR count). The summed E-state index contributed by atoms with van der Waals surface area (Å²) in [4.78, 5) is 26.8. The van der Waals surface area contributed by atoms with Crippen LogP contribution in [0.2, 0.25) is 5.02 Å². The van der Waals surface area contributed by atoms with Crippen LogP contribution in [-0.4, -0.2) is 43.0 Å². The first-order chi connectivity index (χ1) is 12.6. The number of halogens is 1. The molecule has 0 radical (unpaired) electrons. The number of amides is 2. The highest BCUT2D eigenvalue weighted by Crippen LogP contribution is 2.25. The fraction of sp³-hybridized carbons (Fsp3) is 0.300. The molecule has 1 N–H and O–H groups in total. The molecule has 6 heteroatoms. The predicted molar refractivity (Wildman–Crippen MR) is 101 cm³/mol. The Balaban J connectivity index is 1.59. The molecule has 5 nitrogen and oxygen atoms in total. The number of hydrogen-bond acceptors (Lipinski definition) is 3. The number of carbonyl (C=O) groups excluding carboxylic acids is 2. The normalized spacial score (nSPS) is 14.8. The van der Waals surface area contributed by atoms with Gasteiger partial charge < -0.3 is 15.0 Å². The Kier molecular flexibility index (Phi) is 5.78. The molecule has 136 valence electrons. The fourth-order valence-corrected chi connectivity index (χ4v) is 3.27. The summed E-state index contributed by atoms with van der Waals surface area (Å²) in [5.74, 6) is 0.336. The zero-order valence-electron chi connectivity index (χ0n) is 14.6. The molecule has 1 aliphatic heterocycles. The van der Waals surface area contributed by atoms with E-state index in [1.54, 1.807) is 35.2 Å². The summed E-state index contributed by atoms with van der Waals surface area (Å²) in [6.07, 6.45) is 1.43. The van der Waals surface area contributed by atoms with E-state index in [0.29, 0.717) is 47.8 Å². The van der Waals surface area contributed by atoms with Crippen molar-refractivity contribution in [2.24, 2.45) is 0 Å². The summed E-state index contributed by atoms with van der Waals surface area (Å²) in [6.45, 7) is 1.16. The van der Waals surface area contributed by atoms with Crippen LogP contribution in [0.25, 0.3) is 0 Å². The van der Waals surface area contributed by atoms with Crippen LogP contribution in [0.5, 0.6) is 5.75 Å². The van der Waals surface area contributed by atoms with Crippen LogP contribution in [0, 0.1) is 0 Å². The van der Waals surface area contributed by atoms with E-state index in [0.717, 1.165) is 0 Å². The predicted octanol–water partition coefficient (Wildman–Crippen LogP) is 3.38. The van der Waals surface area contributed by atoms with Crippen molar-refractivity contribution in [3.63, 3.8) is 0 Å². The van der Waals surface area contributed by atoms with Crippen LogP contribution >= 0.6 is 11.6 Å². The molecule has 0 atom stereocenters. The third kappa shape index (κ3) is 4.17. The lowest BCUT2D eigenvalue weighted by Crippen LogP contribution is -2.46. The second kappa shape index (κ2) is 8.23. The van der Waals surface area contributed by atoms with Crippen molar-refractivity contribution >= 4 is 23.4 Å². The number of piperidine rings is 1. The molecule has 2 amide bonds.